The Kier molecular flexibility index (Phi) is 4.22. The number of carbonyl (C=O) groups is 1. The van der Waals surface area contributed by atoms with Crippen LogP contribution in [0.4, 0.5) is 0 Å². The molecule has 0 spiro atoms. The highest BCUT2D eigenvalue weighted by molar-refractivity contribution is 5.93. The first-order valence-electron chi connectivity index (χ1n) is 8.74. The summed E-state index contributed by atoms with van der Waals surface area (Å²) in [6, 6.07) is 10.3. The number of carbonyl (C=O) groups excluding carboxylic acids is 1. The molecule has 3 heterocycles. The maximum atomic E-state index is 12.7. The van der Waals surface area contributed by atoms with Crippen LogP contribution in [-0.2, 0) is 6.42 Å². The van der Waals surface area contributed by atoms with Gasteiger partial charge in [-0.05, 0) is 49.8 Å². The Hall–Kier alpha value is -2.69. The molecule has 3 aromatic rings. The molecule has 1 unspecified atom stereocenters. The van der Waals surface area contributed by atoms with E-state index >= 15 is 0 Å². The highest BCUT2D eigenvalue weighted by Crippen LogP contribution is 2.25. The lowest BCUT2D eigenvalue weighted by atomic mass is 9.90. The minimum Gasteiger partial charge on any atom is -0.448 e. The van der Waals surface area contributed by atoms with E-state index in [1.807, 2.05) is 23.2 Å². The SMILES string of the molecule is Cc1ocnc1C(=O)N1CCCC(Cc2ccnc3ccccc23)C1. The normalized spacial score (nSPS) is 17.8. The first-order chi connectivity index (χ1) is 12.2. The Morgan fingerprint density at radius 2 is 2.16 bits per heavy atom. The van der Waals surface area contributed by atoms with Crippen molar-refractivity contribution in [3.8, 4) is 0 Å². The Bertz CT molecular complexity index is 897. The number of hydrogen-bond acceptors (Lipinski definition) is 4. The van der Waals surface area contributed by atoms with Gasteiger partial charge in [-0.3, -0.25) is 9.78 Å². The van der Waals surface area contributed by atoms with Crippen LogP contribution >= 0.6 is 0 Å². The average Bonchev–Trinajstić information content (AvgIpc) is 3.08. The second-order valence-corrected chi connectivity index (χ2v) is 6.71. The molecule has 25 heavy (non-hydrogen) atoms. The van der Waals surface area contributed by atoms with Gasteiger partial charge in [-0.1, -0.05) is 18.2 Å². The zero-order valence-electron chi connectivity index (χ0n) is 14.3. The molecule has 1 amide bonds. The van der Waals surface area contributed by atoms with E-state index < -0.39 is 0 Å². The van der Waals surface area contributed by atoms with E-state index in [1.165, 1.54) is 17.3 Å². The number of hydrogen-bond donors (Lipinski definition) is 0. The van der Waals surface area contributed by atoms with Crippen molar-refractivity contribution < 1.29 is 9.21 Å². The van der Waals surface area contributed by atoms with E-state index in [2.05, 4.69) is 28.2 Å². The van der Waals surface area contributed by atoms with E-state index in [9.17, 15) is 4.79 Å². The summed E-state index contributed by atoms with van der Waals surface area (Å²) in [6.45, 7) is 3.34. The topological polar surface area (TPSA) is 59.2 Å². The molecule has 0 aliphatic carbocycles. The van der Waals surface area contributed by atoms with Gasteiger partial charge in [0.15, 0.2) is 12.1 Å². The van der Waals surface area contributed by atoms with E-state index in [0.29, 0.717) is 17.4 Å². The van der Waals surface area contributed by atoms with Gasteiger partial charge in [0.2, 0.25) is 0 Å². The highest BCUT2D eigenvalue weighted by Gasteiger charge is 2.27. The third-order valence-corrected chi connectivity index (χ3v) is 5.00. The molecule has 1 aliphatic heterocycles. The van der Waals surface area contributed by atoms with Crippen LogP contribution in [-0.4, -0.2) is 33.9 Å². The molecular formula is C20H21N3O2. The van der Waals surface area contributed by atoms with Crippen LogP contribution in [0.5, 0.6) is 0 Å². The van der Waals surface area contributed by atoms with Gasteiger partial charge in [0.05, 0.1) is 5.52 Å². The number of oxazole rings is 1. The first-order valence-corrected chi connectivity index (χ1v) is 8.74. The molecule has 1 fully saturated rings. The number of piperidine rings is 1. The van der Waals surface area contributed by atoms with Crippen molar-refractivity contribution in [1.82, 2.24) is 14.9 Å². The second-order valence-electron chi connectivity index (χ2n) is 6.71. The van der Waals surface area contributed by atoms with Crippen LogP contribution in [0.2, 0.25) is 0 Å². The highest BCUT2D eigenvalue weighted by atomic mass is 16.3. The molecular weight excluding hydrogens is 314 g/mol. The summed E-state index contributed by atoms with van der Waals surface area (Å²) in [5, 5.41) is 1.21. The van der Waals surface area contributed by atoms with Crippen molar-refractivity contribution >= 4 is 16.8 Å². The first kappa shape index (κ1) is 15.8. The van der Waals surface area contributed by atoms with Gasteiger partial charge in [-0.15, -0.1) is 0 Å². The Morgan fingerprint density at radius 1 is 1.28 bits per heavy atom. The van der Waals surface area contributed by atoms with E-state index in [1.54, 1.807) is 6.92 Å². The summed E-state index contributed by atoms with van der Waals surface area (Å²) in [4.78, 5) is 23.1. The predicted octanol–water partition coefficient (Wildman–Crippen LogP) is 3.63. The van der Waals surface area contributed by atoms with Gasteiger partial charge >= 0.3 is 0 Å². The molecule has 0 N–H and O–H groups in total. The van der Waals surface area contributed by atoms with Crippen LogP contribution in [0.15, 0.2) is 47.3 Å². The summed E-state index contributed by atoms with van der Waals surface area (Å²) in [6.07, 6.45) is 6.34. The molecule has 0 radical (unpaired) electrons. The van der Waals surface area contributed by atoms with Gasteiger partial charge in [0.25, 0.3) is 5.91 Å². The van der Waals surface area contributed by atoms with E-state index in [-0.39, 0.29) is 5.91 Å². The molecule has 4 rings (SSSR count). The number of rotatable bonds is 3. The number of likely N-dealkylation sites (tertiary alicyclic amines) is 1. The lowest BCUT2D eigenvalue weighted by molar-refractivity contribution is 0.0666. The second kappa shape index (κ2) is 6.67. The molecule has 5 nitrogen and oxygen atoms in total. The van der Waals surface area contributed by atoms with Gasteiger partial charge in [-0.2, -0.15) is 0 Å². The molecule has 1 aromatic carbocycles. The molecule has 0 bridgehead atoms. The van der Waals surface area contributed by atoms with Gasteiger partial charge in [-0.25, -0.2) is 4.98 Å². The molecule has 1 aliphatic rings. The Morgan fingerprint density at radius 3 is 3.00 bits per heavy atom. The summed E-state index contributed by atoms with van der Waals surface area (Å²) in [5.41, 5.74) is 2.78. The quantitative estimate of drug-likeness (QED) is 0.733. The fourth-order valence-electron chi connectivity index (χ4n) is 3.72. The van der Waals surface area contributed by atoms with Crippen molar-refractivity contribution in [2.45, 2.75) is 26.2 Å². The summed E-state index contributed by atoms with van der Waals surface area (Å²) < 4.78 is 5.18. The number of aromatic nitrogens is 2. The third-order valence-electron chi connectivity index (χ3n) is 5.00. The molecule has 0 saturated carbocycles. The van der Waals surface area contributed by atoms with Crippen molar-refractivity contribution in [1.29, 1.82) is 0 Å². The summed E-state index contributed by atoms with van der Waals surface area (Å²) in [7, 11) is 0. The fourth-order valence-corrected chi connectivity index (χ4v) is 3.72. The van der Waals surface area contributed by atoms with Crippen molar-refractivity contribution in [3.05, 3.63) is 59.9 Å². The van der Waals surface area contributed by atoms with Crippen molar-refractivity contribution in [2.75, 3.05) is 13.1 Å². The van der Waals surface area contributed by atoms with Crippen molar-refractivity contribution in [3.63, 3.8) is 0 Å². The molecule has 1 saturated heterocycles. The van der Waals surface area contributed by atoms with Gasteiger partial charge in [0, 0.05) is 24.7 Å². The monoisotopic (exact) mass is 335 g/mol. The number of amides is 1. The summed E-state index contributed by atoms with van der Waals surface area (Å²) in [5.74, 6) is 1.03. The molecule has 128 valence electrons. The molecule has 2 aromatic heterocycles. The van der Waals surface area contributed by atoms with E-state index in [0.717, 1.165) is 37.9 Å². The predicted molar refractivity (Wildman–Crippen MR) is 95.3 cm³/mol. The van der Waals surface area contributed by atoms with Crippen LogP contribution in [0.1, 0.15) is 34.7 Å². The fraction of sp³-hybridized carbons (Fsp3) is 0.350. The van der Waals surface area contributed by atoms with Crippen LogP contribution in [0.3, 0.4) is 0 Å². The Balaban J connectivity index is 1.52. The van der Waals surface area contributed by atoms with Crippen LogP contribution < -0.4 is 0 Å². The number of para-hydroxylation sites is 1. The number of benzene rings is 1. The summed E-state index contributed by atoms with van der Waals surface area (Å²) >= 11 is 0. The minimum absolute atomic E-state index is 0.0180. The zero-order valence-corrected chi connectivity index (χ0v) is 14.3. The minimum atomic E-state index is -0.0180. The average molecular weight is 335 g/mol. The lowest BCUT2D eigenvalue weighted by Crippen LogP contribution is -2.40. The largest absolute Gasteiger partial charge is 0.448 e. The maximum Gasteiger partial charge on any atom is 0.276 e. The standard InChI is InChI=1S/C20H21N3O2/c1-14-19(22-13-25-14)20(24)23-10-4-5-15(12-23)11-16-8-9-21-18-7-3-2-6-17(16)18/h2-3,6-9,13,15H,4-5,10-12H2,1H3. The maximum absolute atomic E-state index is 12.7. The van der Waals surface area contributed by atoms with Crippen molar-refractivity contribution in [2.24, 2.45) is 5.92 Å². The number of pyridine rings is 1. The van der Waals surface area contributed by atoms with Crippen LogP contribution in [0, 0.1) is 12.8 Å². The zero-order chi connectivity index (χ0) is 17.2. The van der Waals surface area contributed by atoms with Crippen LogP contribution in [0.25, 0.3) is 10.9 Å². The van der Waals surface area contributed by atoms with Gasteiger partial charge < -0.3 is 9.32 Å². The lowest BCUT2D eigenvalue weighted by Gasteiger charge is -2.32. The number of fused-ring (bicyclic) bond motifs is 1. The smallest absolute Gasteiger partial charge is 0.276 e. The number of nitrogens with zero attached hydrogens (tertiary/aromatic N) is 3. The third kappa shape index (κ3) is 3.14. The Labute approximate surface area is 146 Å². The molecule has 5 heteroatoms. The number of aryl methyl sites for hydroxylation is 1. The van der Waals surface area contributed by atoms with Gasteiger partial charge in [0.1, 0.15) is 5.76 Å². The molecule has 1 atom stereocenters. The van der Waals surface area contributed by atoms with E-state index in [4.69, 9.17) is 4.42 Å².